The highest BCUT2D eigenvalue weighted by Crippen LogP contribution is 2.31. The van der Waals surface area contributed by atoms with Crippen LogP contribution in [0.3, 0.4) is 0 Å². The van der Waals surface area contributed by atoms with Gasteiger partial charge in [-0.25, -0.2) is 0 Å². The number of anilines is 2. The summed E-state index contributed by atoms with van der Waals surface area (Å²) in [6.07, 6.45) is 1.91. The van der Waals surface area contributed by atoms with Gasteiger partial charge in [0.15, 0.2) is 0 Å². The normalized spacial score (nSPS) is 13.2. The number of nitrogens with one attached hydrogen (secondary N) is 2. The third-order valence-electron chi connectivity index (χ3n) is 4.29. The summed E-state index contributed by atoms with van der Waals surface area (Å²) in [6.45, 7) is 0. The summed E-state index contributed by atoms with van der Waals surface area (Å²) in [5, 5.41) is 6.46. The highest BCUT2D eigenvalue weighted by Gasteiger charge is 2.29. The molecule has 0 saturated heterocycles. The lowest BCUT2D eigenvalue weighted by Gasteiger charge is -2.08. The SMILES string of the molecule is O=C(Nc1cccc(NC(=O)C2CC2)c1)c1ccc(-c2ccc(Cl)cc2)s1. The molecule has 0 spiro atoms. The fourth-order valence-corrected chi connectivity index (χ4v) is 3.72. The van der Waals surface area contributed by atoms with Gasteiger partial charge in [0.2, 0.25) is 5.91 Å². The highest BCUT2D eigenvalue weighted by molar-refractivity contribution is 7.17. The molecule has 2 N–H and O–H groups in total. The Bertz CT molecular complexity index is 993. The molecule has 27 heavy (non-hydrogen) atoms. The third-order valence-corrected chi connectivity index (χ3v) is 5.68. The molecule has 0 aliphatic heterocycles. The number of hydrogen-bond acceptors (Lipinski definition) is 3. The molecule has 136 valence electrons. The lowest BCUT2D eigenvalue weighted by Crippen LogP contribution is -2.14. The van der Waals surface area contributed by atoms with Crippen molar-refractivity contribution in [3.63, 3.8) is 0 Å². The first kappa shape index (κ1) is 17.8. The van der Waals surface area contributed by atoms with Gasteiger partial charge in [-0.3, -0.25) is 9.59 Å². The largest absolute Gasteiger partial charge is 0.326 e. The number of amides is 2. The average molecular weight is 397 g/mol. The number of carbonyl (C=O) groups is 2. The lowest BCUT2D eigenvalue weighted by molar-refractivity contribution is -0.117. The van der Waals surface area contributed by atoms with Gasteiger partial charge in [0.05, 0.1) is 4.88 Å². The van der Waals surface area contributed by atoms with Gasteiger partial charge >= 0.3 is 0 Å². The van der Waals surface area contributed by atoms with Gasteiger partial charge in [-0.2, -0.15) is 0 Å². The topological polar surface area (TPSA) is 58.2 Å². The van der Waals surface area contributed by atoms with Gasteiger partial charge in [0.1, 0.15) is 0 Å². The minimum atomic E-state index is -0.175. The van der Waals surface area contributed by atoms with Crippen LogP contribution >= 0.6 is 22.9 Å². The Morgan fingerprint density at radius 1 is 0.926 bits per heavy atom. The molecule has 0 unspecified atom stereocenters. The van der Waals surface area contributed by atoms with Gasteiger partial charge in [-0.1, -0.05) is 29.8 Å². The van der Waals surface area contributed by atoms with Crippen molar-refractivity contribution in [3.05, 3.63) is 70.6 Å². The quantitative estimate of drug-likeness (QED) is 0.583. The average Bonchev–Trinajstić information content (AvgIpc) is 3.40. The fraction of sp³-hybridized carbons (Fsp3) is 0.143. The smallest absolute Gasteiger partial charge is 0.265 e. The Labute approximate surface area is 166 Å². The molecule has 4 rings (SSSR count). The van der Waals surface area contributed by atoms with Gasteiger partial charge < -0.3 is 10.6 Å². The molecule has 1 saturated carbocycles. The lowest BCUT2D eigenvalue weighted by atomic mass is 10.2. The molecule has 4 nitrogen and oxygen atoms in total. The summed E-state index contributed by atoms with van der Waals surface area (Å²) >= 11 is 7.34. The monoisotopic (exact) mass is 396 g/mol. The van der Waals surface area contributed by atoms with Crippen molar-refractivity contribution in [2.45, 2.75) is 12.8 Å². The number of thiophene rings is 1. The van der Waals surface area contributed by atoms with Gasteiger partial charge in [0.25, 0.3) is 5.91 Å². The predicted octanol–water partition coefficient (Wildman–Crippen LogP) is 5.67. The van der Waals surface area contributed by atoms with Crippen molar-refractivity contribution in [2.75, 3.05) is 10.6 Å². The summed E-state index contributed by atoms with van der Waals surface area (Å²) in [4.78, 5) is 26.1. The van der Waals surface area contributed by atoms with Crippen LogP contribution in [0.5, 0.6) is 0 Å². The zero-order valence-corrected chi connectivity index (χ0v) is 15.9. The van der Waals surface area contributed by atoms with E-state index in [4.69, 9.17) is 11.6 Å². The predicted molar refractivity (Wildman–Crippen MR) is 111 cm³/mol. The molecule has 2 aromatic carbocycles. The maximum atomic E-state index is 12.6. The van der Waals surface area contributed by atoms with Crippen LogP contribution in [-0.2, 0) is 4.79 Å². The molecule has 0 atom stereocenters. The summed E-state index contributed by atoms with van der Waals surface area (Å²) in [5.74, 6) is 0.0101. The molecule has 0 bridgehead atoms. The number of benzene rings is 2. The second-order valence-electron chi connectivity index (χ2n) is 6.47. The van der Waals surface area contributed by atoms with Gasteiger partial charge in [-0.15, -0.1) is 11.3 Å². The van der Waals surface area contributed by atoms with Crippen LogP contribution in [0.25, 0.3) is 10.4 Å². The van der Waals surface area contributed by atoms with Crippen molar-refractivity contribution in [3.8, 4) is 10.4 Å². The molecule has 2 amide bonds. The van der Waals surface area contributed by atoms with Crippen molar-refractivity contribution < 1.29 is 9.59 Å². The zero-order valence-electron chi connectivity index (χ0n) is 14.4. The van der Waals surface area contributed by atoms with E-state index >= 15 is 0 Å². The van der Waals surface area contributed by atoms with Crippen LogP contribution in [0, 0.1) is 5.92 Å². The summed E-state index contributed by atoms with van der Waals surface area (Å²) in [7, 11) is 0. The Morgan fingerprint density at radius 3 is 2.33 bits per heavy atom. The molecule has 1 aliphatic rings. The number of carbonyl (C=O) groups excluding carboxylic acids is 2. The Kier molecular flexibility index (Phi) is 4.97. The summed E-state index contributed by atoms with van der Waals surface area (Å²) < 4.78 is 0. The Balaban J connectivity index is 1.44. The fourth-order valence-electron chi connectivity index (χ4n) is 2.69. The van der Waals surface area contributed by atoms with E-state index in [1.165, 1.54) is 11.3 Å². The van der Waals surface area contributed by atoms with Crippen LogP contribution < -0.4 is 10.6 Å². The first-order chi connectivity index (χ1) is 13.1. The second kappa shape index (κ2) is 7.55. The van der Waals surface area contributed by atoms with Gasteiger partial charge in [0, 0.05) is 27.2 Å². The van der Waals surface area contributed by atoms with E-state index in [0.717, 1.165) is 23.3 Å². The molecular formula is C21H17ClN2O2S. The molecule has 1 heterocycles. The van der Waals surface area contributed by atoms with E-state index in [9.17, 15) is 9.59 Å². The van der Waals surface area contributed by atoms with E-state index in [1.807, 2.05) is 48.5 Å². The first-order valence-corrected chi connectivity index (χ1v) is 9.86. The summed E-state index contributed by atoms with van der Waals surface area (Å²) in [6, 6.07) is 18.5. The minimum Gasteiger partial charge on any atom is -0.326 e. The third kappa shape index (κ3) is 4.38. The summed E-state index contributed by atoms with van der Waals surface area (Å²) in [5.41, 5.74) is 2.36. The standard InChI is InChI=1S/C21H17ClN2O2S/c22-15-8-6-13(7-9-15)18-10-11-19(27-18)21(26)24-17-3-1-2-16(12-17)23-20(25)14-4-5-14/h1-3,6-12,14H,4-5H2,(H,23,25)(H,24,26). The van der Waals surface area contributed by atoms with Crippen LogP contribution in [0.15, 0.2) is 60.7 Å². The number of rotatable bonds is 5. The van der Waals surface area contributed by atoms with E-state index in [2.05, 4.69) is 10.6 Å². The molecule has 1 aromatic heterocycles. The zero-order chi connectivity index (χ0) is 18.8. The highest BCUT2D eigenvalue weighted by atomic mass is 35.5. The van der Waals surface area contributed by atoms with Crippen molar-refractivity contribution >= 4 is 46.1 Å². The first-order valence-electron chi connectivity index (χ1n) is 8.66. The molecule has 0 radical (unpaired) electrons. The van der Waals surface area contributed by atoms with Gasteiger partial charge in [-0.05, 0) is 60.9 Å². The van der Waals surface area contributed by atoms with E-state index < -0.39 is 0 Å². The van der Waals surface area contributed by atoms with Crippen molar-refractivity contribution in [1.29, 1.82) is 0 Å². The van der Waals surface area contributed by atoms with Crippen LogP contribution in [-0.4, -0.2) is 11.8 Å². The Morgan fingerprint density at radius 2 is 1.63 bits per heavy atom. The Hall–Kier alpha value is -2.63. The molecule has 1 aliphatic carbocycles. The molecule has 1 fully saturated rings. The second-order valence-corrected chi connectivity index (χ2v) is 7.99. The van der Waals surface area contributed by atoms with Crippen LogP contribution in [0.4, 0.5) is 11.4 Å². The molecular weight excluding hydrogens is 380 g/mol. The number of hydrogen-bond donors (Lipinski definition) is 2. The maximum absolute atomic E-state index is 12.6. The molecule has 3 aromatic rings. The van der Waals surface area contributed by atoms with E-state index in [0.29, 0.717) is 21.3 Å². The van der Waals surface area contributed by atoms with Crippen LogP contribution in [0.1, 0.15) is 22.5 Å². The maximum Gasteiger partial charge on any atom is 0.265 e. The van der Waals surface area contributed by atoms with Crippen molar-refractivity contribution in [2.24, 2.45) is 5.92 Å². The molecule has 6 heteroatoms. The minimum absolute atomic E-state index is 0.0457. The van der Waals surface area contributed by atoms with E-state index in [-0.39, 0.29) is 17.7 Å². The van der Waals surface area contributed by atoms with Crippen molar-refractivity contribution in [1.82, 2.24) is 0 Å². The van der Waals surface area contributed by atoms with E-state index in [1.54, 1.807) is 12.1 Å². The van der Waals surface area contributed by atoms with Crippen LogP contribution in [0.2, 0.25) is 5.02 Å². The number of halogens is 1.